The van der Waals surface area contributed by atoms with Crippen LogP contribution in [-0.4, -0.2) is 38.1 Å². The quantitative estimate of drug-likeness (QED) is 0.697. The van der Waals surface area contributed by atoms with Crippen LogP contribution in [-0.2, 0) is 15.6 Å². The molecule has 0 aromatic carbocycles. The van der Waals surface area contributed by atoms with Crippen LogP contribution in [0.1, 0.15) is 20.3 Å². The van der Waals surface area contributed by atoms with E-state index in [0.717, 1.165) is 5.56 Å². The number of carbonyl (C=O) groups excluding carboxylic acids is 1. The van der Waals surface area contributed by atoms with Gasteiger partial charge in [-0.15, -0.1) is 0 Å². The zero-order valence-electron chi connectivity index (χ0n) is 13.3. The second-order valence-electron chi connectivity index (χ2n) is 4.83. The average Bonchev–Trinajstić information content (AvgIpc) is 2.95. The fourth-order valence-electron chi connectivity index (χ4n) is 2.03. The van der Waals surface area contributed by atoms with Crippen molar-refractivity contribution in [2.75, 3.05) is 23.0 Å². The normalized spacial score (nSPS) is 12.2. The van der Waals surface area contributed by atoms with Crippen molar-refractivity contribution in [2.45, 2.75) is 20.3 Å². The van der Waals surface area contributed by atoms with Crippen molar-refractivity contribution in [3.63, 3.8) is 0 Å². The third kappa shape index (κ3) is 4.75. The van der Waals surface area contributed by atoms with Gasteiger partial charge >= 0.3 is 0 Å². The highest BCUT2D eigenvalue weighted by atomic mass is 35.5. The molecule has 130 valence electrons. The molecule has 9 heteroatoms. The van der Waals surface area contributed by atoms with Crippen LogP contribution in [0.5, 0.6) is 0 Å². The first-order valence-corrected chi connectivity index (χ1v) is 10.4. The lowest BCUT2D eigenvalue weighted by molar-refractivity contribution is -0.118. The molecule has 0 bridgehead atoms. The summed E-state index contributed by atoms with van der Waals surface area (Å²) in [6.45, 7) is 4.17. The lowest BCUT2D eigenvalue weighted by atomic mass is 10.3. The highest BCUT2D eigenvalue weighted by Crippen LogP contribution is 2.38. The number of anilines is 1. The van der Waals surface area contributed by atoms with Crippen LogP contribution in [0.2, 0.25) is 10.2 Å². The fraction of sp³-hybridized carbons (Fsp3) is 0.400. The van der Waals surface area contributed by atoms with Gasteiger partial charge in [0.25, 0.3) is 0 Å². The van der Waals surface area contributed by atoms with Gasteiger partial charge in [0, 0.05) is 53.2 Å². The molecular weight excluding hydrogens is 389 g/mol. The Kier molecular flexibility index (Phi) is 7.16. The molecular formula is C15H17Cl2N3O2S2. The van der Waals surface area contributed by atoms with Crippen molar-refractivity contribution in [3.8, 4) is 10.6 Å². The van der Waals surface area contributed by atoms with Crippen molar-refractivity contribution in [3.05, 3.63) is 28.6 Å². The first-order valence-electron chi connectivity index (χ1n) is 7.38. The number of carbonyl (C=O) groups is 1. The molecule has 0 spiro atoms. The van der Waals surface area contributed by atoms with Gasteiger partial charge in [0.1, 0.15) is 10.0 Å². The van der Waals surface area contributed by atoms with Gasteiger partial charge in [0.2, 0.25) is 5.91 Å². The van der Waals surface area contributed by atoms with E-state index in [2.05, 4.69) is 9.97 Å². The van der Waals surface area contributed by atoms with Gasteiger partial charge in [-0.2, -0.15) is 0 Å². The molecule has 2 rings (SSSR count). The van der Waals surface area contributed by atoms with Gasteiger partial charge in [-0.25, -0.2) is 4.98 Å². The molecule has 2 aromatic rings. The topological polar surface area (TPSA) is 63.2 Å². The monoisotopic (exact) mass is 405 g/mol. The van der Waals surface area contributed by atoms with E-state index in [1.807, 2.05) is 13.8 Å². The number of thiazole rings is 1. The third-order valence-electron chi connectivity index (χ3n) is 3.25. The van der Waals surface area contributed by atoms with Crippen molar-refractivity contribution in [2.24, 2.45) is 0 Å². The number of hydrogen-bond acceptors (Lipinski definition) is 5. The summed E-state index contributed by atoms with van der Waals surface area (Å²) in [6, 6.07) is 1.75. The Balaban J connectivity index is 2.23. The number of halogens is 2. The Bertz CT molecular complexity index is 752. The van der Waals surface area contributed by atoms with Crippen LogP contribution in [0.4, 0.5) is 5.00 Å². The summed E-state index contributed by atoms with van der Waals surface area (Å²) in [6.07, 6.45) is 3.40. The van der Waals surface area contributed by atoms with E-state index in [1.54, 1.807) is 17.2 Å². The molecule has 0 radical (unpaired) electrons. The summed E-state index contributed by atoms with van der Waals surface area (Å²) in [4.78, 5) is 22.4. The number of nitrogens with zero attached hydrogens (tertiary/aromatic N) is 3. The molecule has 1 amide bonds. The Labute approximate surface area is 157 Å². The molecule has 1 unspecified atom stereocenters. The third-order valence-corrected chi connectivity index (χ3v) is 6.26. The summed E-state index contributed by atoms with van der Waals surface area (Å²) in [5.41, 5.74) is 0.747. The van der Waals surface area contributed by atoms with E-state index < -0.39 is 10.8 Å². The maximum Gasteiger partial charge on any atom is 0.228 e. The number of pyridine rings is 1. The molecule has 24 heavy (non-hydrogen) atoms. The van der Waals surface area contributed by atoms with Crippen molar-refractivity contribution in [1.82, 2.24) is 9.97 Å². The van der Waals surface area contributed by atoms with Gasteiger partial charge in [-0.1, -0.05) is 41.5 Å². The second-order valence-corrected chi connectivity index (χ2v) is 8.46. The van der Waals surface area contributed by atoms with Gasteiger partial charge in [0.15, 0.2) is 5.15 Å². The van der Waals surface area contributed by atoms with Crippen LogP contribution >= 0.6 is 34.5 Å². The van der Waals surface area contributed by atoms with Crippen molar-refractivity contribution >= 4 is 56.2 Å². The minimum atomic E-state index is -0.971. The van der Waals surface area contributed by atoms with Crippen LogP contribution in [0.25, 0.3) is 10.6 Å². The molecule has 2 aromatic heterocycles. The number of aromatic nitrogens is 2. The fourth-order valence-corrected chi connectivity index (χ4v) is 4.26. The van der Waals surface area contributed by atoms with E-state index >= 15 is 0 Å². The second kappa shape index (κ2) is 8.89. The van der Waals surface area contributed by atoms with Crippen LogP contribution in [0.3, 0.4) is 0 Å². The highest BCUT2D eigenvalue weighted by Gasteiger charge is 2.22. The first-order chi connectivity index (χ1) is 11.5. The SMILES string of the molecule is CCN(C(=O)CCS(=O)CC)c1sc(-c2cncc(Cl)c2)nc1Cl. The van der Waals surface area contributed by atoms with Crippen LogP contribution in [0, 0.1) is 0 Å². The van der Waals surface area contributed by atoms with Crippen molar-refractivity contribution in [1.29, 1.82) is 0 Å². The molecule has 2 heterocycles. The van der Waals surface area contributed by atoms with Gasteiger partial charge < -0.3 is 4.90 Å². The lowest BCUT2D eigenvalue weighted by Gasteiger charge is -2.18. The minimum Gasteiger partial charge on any atom is -0.301 e. The van der Waals surface area contributed by atoms with Gasteiger partial charge in [0.05, 0.1) is 5.02 Å². The summed E-state index contributed by atoms with van der Waals surface area (Å²) in [5, 5.41) is 2.00. The van der Waals surface area contributed by atoms with E-state index in [4.69, 9.17) is 23.2 Å². The molecule has 0 aliphatic carbocycles. The summed E-state index contributed by atoms with van der Waals surface area (Å²) in [7, 11) is -0.971. The number of hydrogen-bond donors (Lipinski definition) is 0. The summed E-state index contributed by atoms with van der Waals surface area (Å²) in [5.74, 6) is 0.792. The highest BCUT2D eigenvalue weighted by molar-refractivity contribution is 7.84. The average molecular weight is 406 g/mol. The summed E-state index contributed by atoms with van der Waals surface area (Å²) >= 11 is 13.5. The Hall–Kier alpha value is -1.02. The van der Waals surface area contributed by atoms with E-state index in [-0.39, 0.29) is 17.5 Å². The Morgan fingerprint density at radius 1 is 1.33 bits per heavy atom. The maximum absolute atomic E-state index is 12.4. The minimum absolute atomic E-state index is 0.111. The summed E-state index contributed by atoms with van der Waals surface area (Å²) < 4.78 is 11.5. The molecule has 0 saturated heterocycles. The molecule has 0 aliphatic heterocycles. The molecule has 0 N–H and O–H groups in total. The standard InChI is InChI=1S/C15H17Cl2N3O2S2/c1-3-20(12(21)5-6-24(22)4-2)15-13(17)19-14(23-15)10-7-11(16)9-18-8-10/h7-9H,3-6H2,1-2H3. The van der Waals surface area contributed by atoms with Gasteiger partial charge in [-0.3, -0.25) is 14.0 Å². The number of rotatable bonds is 7. The van der Waals surface area contributed by atoms with E-state index in [1.165, 1.54) is 17.5 Å². The molecule has 5 nitrogen and oxygen atoms in total. The number of amides is 1. The zero-order chi connectivity index (χ0) is 17.7. The van der Waals surface area contributed by atoms with Crippen LogP contribution in [0.15, 0.2) is 18.5 Å². The van der Waals surface area contributed by atoms with Crippen LogP contribution < -0.4 is 4.90 Å². The maximum atomic E-state index is 12.4. The molecule has 0 aliphatic rings. The first kappa shape index (κ1) is 19.3. The lowest BCUT2D eigenvalue weighted by Crippen LogP contribution is -2.31. The zero-order valence-corrected chi connectivity index (χ0v) is 16.4. The largest absolute Gasteiger partial charge is 0.301 e. The molecule has 0 fully saturated rings. The molecule has 1 atom stereocenters. The Morgan fingerprint density at radius 3 is 2.71 bits per heavy atom. The predicted octanol–water partition coefficient (Wildman–Crippen LogP) is 4.02. The smallest absolute Gasteiger partial charge is 0.228 e. The van der Waals surface area contributed by atoms with E-state index in [9.17, 15) is 9.00 Å². The van der Waals surface area contributed by atoms with E-state index in [0.29, 0.717) is 33.1 Å². The predicted molar refractivity (Wildman–Crippen MR) is 102 cm³/mol. The Morgan fingerprint density at radius 2 is 2.08 bits per heavy atom. The van der Waals surface area contributed by atoms with Crippen molar-refractivity contribution < 1.29 is 9.00 Å². The molecule has 0 saturated carbocycles. The van der Waals surface area contributed by atoms with Gasteiger partial charge in [-0.05, 0) is 13.0 Å².